The van der Waals surface area contributed by atoms with Crippen LogP contribution in [0.15, 0.2) is 11.6 Å². The number of hydrogen-bond donors (Lipinski definition) is 1. The van der Waals surface area contributed by atoms with E-state index in [-0.39, 0.29) is 5.78 Å². The molecule has 0 fully saturated rings. The maximum atomic E-state index is 11.6. The number of ketones is 1. The fourth-order valence-electron chi connectivity index (χ4n) is 2.13. The minimum absolute atomic E-state index is 0.111. The molecule has 0 rings (SSSR count). The van der Waals surface area contributed by atoms with E-state index in [0.717, 1.165) is 18.4 Å². The lowest BCUT2D eigenvalue weighted by atomic mass is 9.99. The predicted octanol–water partition coefficient (Wildman–Crippen LogP) is 4.41. The van der Waals surface area contributed by atoms with Crippen LogP contribution in [0.1, 0.15) is 78.6 Å². The van der Waals surface area contributed by atoms with Crippen molar-refractivity contribution in [3.8, 4) is 0 Å². The zero-order chi connectivity index (χ0) is 13.8. The molecule has 0 spiro atoms. The van der Waals surface area contributed by atoms with Crippen LogP contribution in [0.2, 0.25) is 0 Å². The Labute approximate surface area is 112 Å². The summed E-state index contributed by atoms with van der Waals surface area (Å²) in [5, 5.41) is 9.26. The van der Waals surface area contributed by atoms with Gasteiger partial charge in [0.05, 0.1) is 0 Å². The standard InChI is InChI=1S/C16H30O2/c1-4-6-7-8-9-10-11-12-13-15(5-2)16(18)14(3)17/h5,14,17H,4,6-13H2,1-3H3. The summed E-state index contributed by atoms with van der Waals surface area (Å²) in [5.74, 6) is -0.111. The molecule has 1 N–H and O–H groups in total. The van der Waals surface area contributed by atoms with Crippen LogP contribution >= 0.6 is 0 Å². The molecule has 0 aromatic rings. The van der Waals surface area contributed by atoms with Crippen molar-refractivity contribution < 1.29 is 9.90 Å². The highest BCUT2D eigenvalue weighted by molar-refractivity contribution is 5.98. The molecule has 0 aromatic carbocycles. The summed E-state index contributed by atoms with van der Waals surface area (Å²) >= 11 is 0. The summed E-state index contributed by atoms with van der Waals surface area (Å²) in [6.45, 7) is 5.65. The first-order chi connectivity index (χ1) is 8.63. The van der Waals surface area contributed by atoms with E-state index in [0.29, 0.717) is 0 Å². The molecule has 2 heteroatoms. The van der Waals surface area contributed by atoms with Crippen molar-refractivity contribution in [2.45, 2.75) is 84.7 Å². The van der Waals surface area contributed by atoms with Crippen molar-refractivity contribution >= 4 is 5.78 Å². The van der Waals surface area contributed by atoms with E-state index in [1.54, 1.807) is 6.92 Å². The molecule has 0 amide bonds. The molecule has 106 valence electrons. The summed E-state index contributed by atoms with van der Waals surface area (Å²) in [6.07, 6.45) is 12.0. The van der Waals surface area contributed by atoms with Crippen LogP contribution in [-0.4, -0.2) is 17.0 Å². The molecule has 1 unspecified atom stereocenters. The highest BCUT2D eigenvalue weighted by atomic mass is 16.3. The minimum Gasteiger partial charge on any atom is -0.385 e. The number of unbranched alkanes of at least 4 members (excludes halogenated alkanes) is 7. The number of rotatable bonds is 11. The Balaban J connectivity index is 3.55. The number of carbonyl (C=O) groups excluding carboxylic acids is 1. The zero-order valence-corrected chi connectivity index (χ0v) is 12.4. The lowest BCUT2D eigenvalue weighted by molar-refractivity contribution is -0.122. The topological polar surface area (TPSA) is 37.3 Å². The molecule has 0 saturated carbocycles. The van der Waals surface area contributed by atoms with E-state index >= 15 is 0 Å². The average molecular weight is 254 g/mol. The molecule has 2 nitrogen and oxygen atoms in total. The van der Waals surface area contributed by atoms with E-state index < -0.39 is 6.10 Å². The second kappa shape index (κ2) is 11.5. The van der Waals surface area contributed by atoms with Gasteiger partial charge in [-0.05, 0) is 32.3 Å². The normalized spacial score (nSPS) is 13.7. The van der Waals surface area contributed by atoms with Gasteiger partial charge < -0.3 is 5.11 Å². The summed E-state index contributed by atoms with van der Waals surface area (Å²) < 4.78 is 0. The lowest BCUT2D eigenvalue weighted by Gasteiger charge is -2.08. The second-order valence-corrected chi connectivity index (χ2v) is 5.08. The van der Waals surface area contributed by atoms with Gasteiger partial charge in [0.2, 0.25) is 0 Å². The van der Waals surface area contributed by atoms with Gasteiger partial charge >= 0.3 is 0 Å². The maximum Gasteiger partial charge on any atom is 0.186 e. The van der Waals surface area contributed by atoms with Gasteiger partial charge in [-0.15, -0.1) is 0 Å². The monoisotopic (exact) mass is 254 g/mol. The average Bonchev–Trinajstić information content (AvgIpc) is 2.36. The van der Waals surface area contributed by atoms with Crippen molar-refractivity contribution in [3.05, 3.63) is 11.6 Å². The first kappa shape index (κ1) is 17.4. The van der Waals surface area contributed by atoms with E-state index in [1.165, 1.54) is 44.9 Å². The van der Waals surface area contributed by atoms with Crippen LogP contribution in [0.25, 0.3) is 0 Å². The number of Topliss-reactive ketones (excluding diaryl/α,β-unsaturated/α-hetero) is 1. The van der Waals surface area contributed by atoms with E-state index in [9.17, 15) is 9.90 Å². The van der Waals surface area contributed by atoms with Gasteiger partial charge in [-0.25, -0.2) is 0 Å². The van der Waals surface area contributed by atoms with Crippen molar-refractivity contribution in [2.24, 2.45) is 0 Å². The van der Waals surface area contributed by atoms with Crippen LogP contribution in [0.4, 0.5) is 0 Å². The first-order valence-electron chi connectivity index (χ1n) is 7.51. The van der Waals surface area contributed by atoms with Crippen molar-refractivity contribution in [2.75, 3.05) is 0 Å². The molecule has 0 aliphatic carbocycles. The lowest BCUT2D eigenvalue weighted by Crippen LogP contribution is -2.18. The number of carbonyl (C=O) groups is 1. The van der Waals surface area contributed by atoms with Crippen LogP contribution < -0.4 is 0 Å². The van der Waals surface area contributed by atoms with Gasteiger partial charge in [-0.3, -0.25) is 4.79 Å². The Morgan fingerprint density at radius 1 is 1.06 bits per heavy atom. The Morgan fingerprint density at radius 3 is 2.00 bits per heavy atom. The fraction of sp³-hybridized carbons (Fsp3) is 0.812. The molecule has 0 radical (unpaired) electrons. The molecule has 1 atom stereocenters. The molecular formula is C16H30O2. The Kier molecular flexibility index (Phi) is 11.1. The van der Waals surface area contributed by atoms with Crippen LogP contribution in [-0.2, 0) is 4.79 Å². The largest absolute Gasteiger partial charge is 0.385 e. The molecular weight excluding hydrogens is 224 g/mol. The van der Waals surface area contributed by atoms with Gasteiger partial charge in [-0.2, -0.15) is 0 Å². The van der Waals surface area contributed by atoms with Crippen molar-refractivity contribution in [1.29, 1.82) is 0 Å². The summed E-state index contributed by atoms with van der Waals surface area (Å²) in [4.78, 5) is 11.6. The molecule has 0 aliphatic heterocycles. The Bertz CT molecular complexity index is 241. The predicted molar refractivity (Wildman–Crippen MR) is 77.7 cm³/mol. The number of allylic oxidation sites excluding steroid dienone is 1. The number of aliphatic hydroxyl groups is 1. The SMILES string of the molecule is CC=C(CCCCCCCCCC)C(=O)C(C)O. The summed E-state index contributed by atoms with van der Waals surface area (Å²) in [5.41, 5.74) is 0.788. The number of hydrogen-bond acceptors (Lipinski definition) is 2. The van der Waals surface area contributed by atoms with E-state index in [2.05, 4.69) is 6.92 Å². The van der Waals surface area contributed by atoms with Gasteiger partial charge in [0, 0.05) is 0 Å². The first-order valence-corrected chi connectivity index (χ1v) is 7.51. The van der Waals surface area contributed by atoms with Crippen LogP contribution in [0.5, 0.6) is 0 Å². The third kappa shape index (κ3) is 8.46. The molecule has 18 heavy (non-hydrogen) atoms. The summed E-state index contributed by atoms with van der Waals surface area (Å²) in [6, 6.07) is 0. The van der Waals surface area contributed by atoms with E-state index in [1.807, 2.05) is 13.0 Å². The minimum atomic E-state index is -0.856. The highest BCUT2D eigenvalue weighted by Crippen LogP contribution is 2.14. The summed E-state index contributed by atoms with van der Waals surface area (Å²) in [7, 11) is 0. The van der Waals surface area contributed by atoms with Crippen molar-refractivity contribution in [3.63, 3.8) is 0 Å². The third-order valence-corrected chi connectivity index (χ3v) is 3.34. The van der Waals surface area contributed by atoms with Crippen molar-refractivity contribution in [1.82, 2.24) is 0 Å². The van der Waals surface area contributed by atoms with Gasteiger partial charge in [-0.1, -0.05) is 57.9 Å². The van der Waals surface area contributed by atoms with Crippen LogP contribution in [0, 0.1) is 0 Å². The van der Waals surface area contributed by atoms with Gasteiger partial charge in [0.25, 0.3) is 0 Å². The smallest absolute Gasteiger partial charge is 0.186 e. The number of aliphatic hydroxyl groups excluding tert-OH is 1. The Morgan fingerprint density at radius 2 is 1.56 bits per heavy atom. The molecule has 0 heterocycles. The highest BCUT2D eigenvalue weighted by Gasteiger charge is 2.13. The quantitative estimate of drug-likeness (QED) is 0.438. The maximum absolute atomic E-state index is 11.6. The van der Waals surface area contributed by atoms with Crippen LogP contribution in [0.3, 0.4) is 0 Å². The third-order valence-electron chi connectivity index (χ3n) is 3.34. The van der Waals surface area contributed by atoms with Gasteiger partial charge in [0.1, 0.15) is 6.10 Å². The van der Waals surface area contributed by atoms with E-state index in [4.69, 9.17) is 0 Å². The molecule has 0 aliphatic rings. The molecule has 0 saturated heterocycles. The zero-order valence-electron chi connectivity index (χ0n) is 12.4. The Hall–Kier alpha value is -0.630. The molecule has 0 aromatic heterocycles. The second-order valence-electron chi connectivity index (χ2n) is 5.08. The van der Waals surface area contributed by atoms with Gasteiger partial charge in [0.15, 0.2) is 5.78 Å². The fourth-order valence-corrected chi connectivity index (χ4v) is 2.13. The molecule has 0 bridgehead atoms.